The van der Waals surface area contributed by atoms with Crippen molar-refractivity contribution >= 4 is 0 Å². The zero-order chi connectivity index (χ0) is 13.1. The molecule has 18 heavy (non-hydrogen) atoms. The molecular weight excluding hydrogens is 231 g/mol. The number of hydrogen-bond donors (Lipinski definition) is 1. The van der Waals surface area contributed by atoms with Crippen molar-refractivity contribution in [2.45, 2.75) is 26.8 Å². The van der Waals surface area contributed by atoms with Crippen molar-refractivity contribution in [1.82, 2.24) is 10.3 Å². The lowest BCUT2D eigenvalue weighted by atomic mass is 9.99. The number of aryl methyl sites for hydroxylation is 2. The minimum atomic E-state index is -0.304. The third kappa shape index (κ3) is 2.43. The first kappa shape index (κ1) is 12.8. The van der Waals surface area contributed by atoms with Crippen LogP contribution in [0.15, 0.2) is 28.9 Å². The highest BCUT2D eigenvalue weighted by Gasteiger charge is 2.21. The highest BCUT2D eigenvalue weighted by molar-refractivity contribution is 5.34. The topological polar surface area (TPSA) is 38.1 Å². The zero-order valence-corrected chi connectivity index (χ0v) is 10.8. The third-order valence-electron chi connectivity index (χ3n) is 2.91. The van der Waals surface area contributed by atoms with E-state index in [0.29, 0.717) is 5.56 Å². The monoisotopic (exact) mass is 248 g/mol. The lowest BCUT2D eigenvalue weighted by Gasteiger charge is -2.18. The molecule has 1 N–H and O–H groups in total. The van der Waals surface area contributed by atoms with E-state index in [1.807, 2.05) is 26.8 Å². The summed E-state index contributed by atoms with van der Waals surface area (Å²) in [6.07, 6.45) is 2.84. The molecule has 2 aromatic heterocycles. The van der Waals surface area contributed by atoms with E-state index in [1.54, 1.807) is 12.3 Å². The van der Waals surface area contributed by atoms with Crippen LogP contribution >= 0.6 is 0 Å². The van der Waals surface area contributed by atoms with Gasteiger partial charge in [-0.15, -0.1) is 0 Å². The Morgan fingerprint density at radius 1 is 1.39 bits per heavy atom. The molecule has 0 aliphatic rings. The maximum atomic E-state index is 13.9. The number of nitrogens with one attached hydrogen (secondary N) is 1. The van der Waals surface area contributed by atoms with Gasteiger partial charge in [-0.05, 0) is 32.5 Å². The van der Waals surface area contributed by atoms with E-state index >= 15 is 0 Å². The van der Waals surface area contributed by atoms with Crippen molar-refractivity contribution in [1.29, 1.82) is 0 Å². The first-order valence-corrected chi connectivity index (χ1v) is 6.03. The maximum Gasteiger partial charge on any atom is 0.146 e. The van der Waals surface area contributed by atoms with E-state index in [-0.39, 0.29) is 11.9 Å². The fourth-order valence-corrected chi connectivity index (χ4v) is 2.15. The average Bonchev–Trinajstić information content (AvgIpc) is 2.66. The summed E-state index contributed by atoms with van der Waals surface area (Å²) < 4.78 is 19.4. The second-order valence-corrected chi connectivity index (χ2v) is 4.26. The van der Waals surface area contributed by atoms with Gasteiger partial charge in [0, 0.05) is 17.3 Å². The van der Waals surface area contributed by atoms with Gasteiger partial charge < -0.3 is 9.73 Å². The summed E-state index contributed by atoms with van der Waals surface area (Å²) in [5.41, 5.74) is 1.57. The Morgan fingerprint density at radius 3 is 2.72 bits per heavy atom. The molecule has 0 bridgehead atoms. The van der Waals surface area contributed by atoms with Crippen LogP contribution in [0.4, 0.5) is 4.39 Å². The zero-order valence-electron chi connectivity index (χ0n) is 10.8. The predicted molar refractivity (Wildman–Crippen MR) is 67.9 cm³/mol. The lowest BCUT2D eigenvalue weighted by molar-refractivity contribution is 0.491. The van der Waals surface area contributed by atoms with Crippen molar-refractivity contribution < 1.29 is 8.81 Å². The van der Waals surface area contributed by atoms with Crippen LogP contribution in [0.3, 0.4) is 0 Å². The summed E-state index contributed by atoms with van der Waals surface area (Å²) in [4.78, 5) is 3.78. The van der Waals surface area contributed by atoms with E-state index in [4.69, 9.17) is 4.42 Å². The number of nitrogens with zero attached hydrogens (tertiary/aromatic N) is 1. The van der Waals surface area contributed by atoms with Crippen LogP contribution < -0.4 is 5.32 Å². The molecular formula is C14H17FN2O. The van der Waals surface area contributed by atoms with Gasteiger partial charge in [0.15, 0.2) is 0 Å². The number of pyridine rings is 1. The van der Waals surface area contributed by atoms with Crippen LogP contribution in [-0.4, -0.2) is 11.5 Å². The number of rotatable bonds is 4. The summed E-state index contributed by atoms with van der Waals surface area (Å²) in [6.45, 7) is 6.53. The van der Waals surface area contributed by atoms with Crippen LogP contribution in [0.2, 0.25) is 0 Å². The van der Waals surface area contributed by atoms with Crippen molar-refractivity contribution in [2.75, 3.05) is 6.54 Å². The molecule has 3 nitrogen and oxygen atoms in total. The Kier molecular flexibility index (Phi) is 3.77. The molecule has 0 aromatic carbocycles. The van der Waals surface area contributed by atoms with Gasteiger partial charge in [-0.25, -0.2) is 4.39 Å². The highest BCUT2D eigenvalue weighted by Crippen LogP contribution is 2.28. The van der Waals surface area contributed by atoms with Crippen molar-refractivity contribution in [3.05, 3.63) is 53.0 Å². The molecule has 0 saturated carbocycles. The molecule has 1 unspecified atom stereocenters. The van der Waals surface area contributed by atoms with Crippen LogP contribution in [-0.2, 0) is 0 Å². The molecule has 0 saturated heterocycles. The molecule has 2 aromatic rings. The fourth-order valence-electron chi connectivity index (χ4n) is 2.15. The number of halogens is 1. The Bertz CT molecular complexity index is 536. The minimum Gasteiger partial charge on any atom is -0.466 e. The van der Waals surface area contributed by atoms with Crippen LogP contribution in [0, 0.1) is 19.7 Å². The predicted octanol–water partition coefficient (Wildman–Crippen LogP) is 3.13. The van der Waals surface area contributed by atoms with Gasteiger partial charge in [-0.3, -0.25) is 4.98 Å². The van der Waals surface area contributed by atoms with Crippen molar-refractivity contribution in [3.8, 4) is 0 Å². The number of aromatic nitrogens is 1. The molecule has 0 radical (unpaired) electrons. The van der Waals surface area contributed by atoms with Gasteiger partial charge in [0.1, 0.15) is 17.3 Å². The van der Waals surface area contributed by atoms with Crippen LogP contribution in [0.1, 0.15) is 35.6 Å². The van der Waals surface area contributed by atoms with Gasteiger partial charge in [0.25, 0.3) is 0 Å². The number of hydrogen-bond acceptors (Lipinski definition) is 3. The highest BCUT2D eigenvalue weighted by atomic mass is 19.1. The van der Waals surface area contributed by atoms with E-state index in [0.717, 1.165) is 23.6 Å². The van der Waals surface area contributed by atoms with Crippen LogP contribution in [0.25, 0.3) is 0 Å². The first-order chi connectivity index (χ1) is 8.63. The lowest BCUT2D eigenvalue weighted by Crippen LogP contribution is -2.23. The third-order valence-corrected chi connectivity index (χ3v) is 2.91. The largest absolute Gasteiger partial charge is 0.466 e. The summed E-state index contributed by atoms with van der Waals surface area (Å²) in [5.74, 6) is 1.34. The molecule has 2 rings (SSSR count). The first-order valence-electron chi connectivity index (χ1n) is 6.03. The SMILES string of the molecule is CCNC(c1ccncc1F)c1cc(C)oc1C. The molecule has 0 aliphatic carbocycles. The van der Waals surface area contributed by atoms with E-state index in [1.165, 1.54) is 6.20 Å². The van der Waals surface area contributed by atoms with Crippen molar-refractivity contribution in [3.63, 3.8) is 0 Å². The fraction of sp³-hybridized carbons (Fsp3) is 0.357. The van der Waals surface area contributed by atoms with Gasteiger partial charge in [-0.2, -0.15) is 0 Å². The van der Waals surface area contributed by atoms with E-state index in [2.05, 4.69) is 10.3 Å². The second-order valence-electron chi connectivity index (χ2n) is 4.26. The van der Waals surface area contributed by atoms with E-state index in [9.17, 15) is 4.39 Å². The molecule has 0 amide bonds. The van der Waals surface area contributed by atoms with Crippen LogP contribution in [0.5, 0.6) is 0 Å². The molecule has 0 spiro atoms. The smallest absolute Gasteiger partial charge is 0.146 e. The average molecular weight is 248 g/mol. The maximum absolute atomic E-state index is 13.9. The second kappa shape index (κ2) is 5.31. The minimum absolute atomic E-state index is 0.199. The molecule has 1 atom stereocenters. The van der Waals surface area contributed by atoms with Gasteiger partial charge >= 0.3 is 0 Å². The van der Waals surface area contributed by atoms with Gasteiger partial charge in [0.2, 0.25) is 0 Å². The normalized spacial score (nSPS) is 12.7. The van der Waals surface area contributed by atoms with E-state index < -0.39 is 0 Å². The van der Waals surface area contributed by atoms with Gasteiger partial charge in [-0.1, -0.05) is 6.92 Å². The Labute approximate surface area is 106 Å². The quantitative estimate of drug-likeness (QED) is 0.903. The summed E-state index contributed by atoms with van der Waals surface area (Å²) in [6, 6.07) is 3.45. The molecule has 0 fully saturated rings. The molecule has 4 heteroatoms. The standard InChI is InChI=1S/C14H17FN2O/c1-4-17-14(11-5-6-16-8-13(11)15)12-7-9(2)18-10(12)3/h5-8,14,17H,4H2,1-3H3. The Hall–Kier alpha value is -1.68. The molecule has 96 valence electrons. The van der Waals surface area contributed by atoms with Gasteiger partial charge in [0.05, 0.1) is 12.2 Å². The van der Waals surface area contributed by atoms with Crippen molar-refractivity contribution in [2.24, 2.45) is 0 Å². The Balaban J connectivity index is 2.46. The molecule has 2 heterocycles. The summed E-state index contributed by atoms with van der Waals surface area (Å²) >= 11 is 0. The number of furan rings is 1. The Morgan fingerprint density at radius 2 is 2.17 bits per heavy atom. The summed E-state index contributed by atoms with van der Waals surface area (Å²) in [7, 11) is 0. The molecule has 0 aliphatic heterocycles. The summed E-state index contributed by atoms with van der Waals surface area (Å²) in [5, 5.41) is 3.28.